The van der Waals surface area contributed by atoms with Gasteiger partial charge in [0.25, 0.3) is 0 Å². The van der Waals surface area contributed by atoms with Crippen LogP contribution in [0.1, 0.15) is 17.1 Å². The minimum atomic E-state index is 0.0836. The van der Waals surface area contributed by atoms with Crippen LogP contribution in [0.25, 0.3) is 11.0 Å². The summed E-state index contributed by atoms with van der Waals surface area (Å²) < 4.78 is 2.11. The number of aryl methyl sites for hydroxylation is 1. The van der Waals surface area contributed by atoms with Crippen LogP contribution >= 0.6 is 11.3 Å². The van der Waals surface area contributed by atoms with Crippen LogP contribution in [0.2, 0.25) is 0 Å². The molecule has 5 nitrogen and oxygen atoms in total. The number of carbonyl (C=O) groups excluding carboxylic acids is 1. The van der Waals surface area contributed by atoms with Gasteiger partial charge >= 0.3 is 0 Å². The highest BCUT2D eigenvalue weighted by molar-refractivity contribution is 7.09. The molecule has 24 heavy (non-hydrogen) atoms. The van der Waals surface area contributed by atoms with Crippen LogP contribution < -0.4 is 5.32 Å². The predicted octanol–water partition coefficient (Wildman–Crippen LogP) is 2.77. The molecule has 126 valence electrons. The third-order valence-electron chi connectivity index (χ3n) is 4.05. The van der Waals surface area contributed by atoms with Gasteiger partial charge < -0.3 is 9.88 Å². The number of imidazole rings is 1. The molecule has 0 atom stereocenters. The largest absolute Gasteiger partial charge is 0.351 e. The summed E-state index contributed by atoms with van der Waals surface area (Å²) in [6.45, 7) is 2.05. The summed E-state index contributed by atoms with van der Waals surface area (Å²) in [4.78, 5) is 19.9. The number of aromatic nitrogens is 2. The first-order valence-corrected chi connectivity index (χ1v) is 8.89. The van der Waals surface area contributed by atoms with Gasteiger partial charge in [-0.25, -0.2) is 4.98 Å². The fraction of sp³-hybridized carbons (Fsp3) is 0.333. The molecule has 0 radical (unpaired) electrons. The van der Waals surface area contributed by atoms with Gasteiger partial charge in [0.1, 0.15) is 5.82 Å². The Bertz CT molecular complexity index is 810. The summed E-state index contributed by atoms with van der Waals surface area (Å²) in [5, 5.41) is 4.98. The average Bonchev–Trinajstić information content (AvgIpc) is 3.20. The van der Waals surface area contributed by atoms with E-state index in [2.05, 4.69) is 25.8 Å². The van der Waals surface area contributed by atoms with Crippen molar-refractivity contribution in [3.05, 3.63) is 52.5 Å². The summed E-state index contributed by atoms with van der Waals surface area (Å²) in [6, 6.07) is 12.1. The van der Waals surface area contributed by atoms with Crippen LogP contribution in [0, 0.1) is 0 Å². The maximum atomic E-state index is 11.9. The Hall–Kier alpha value is -2.18. The third kappa shape index (κ3) is 4.01. The molecule has 0 unspecified atom stereocenters. The lowest BCUT2D eigenvalue weighted by molar-refractivity contribution is -0.121. The Morgan fingerprint density at radius 3 is 2.88 bits per heavy atom. The van der Waals surface area contributed by atoms with E-state index in [1.54, 1.807) is 11.3 Å². The number of nitrogens with zero attached hydrogens (tertiary/aromatic N) is 3. The number of thiophene rings is 1. The second-order valence-electron chi connectivity index (χ2n) is 5.92. The van der Waals surface area contributed by atoms with Crippen molar-refractivity contribution in [2.45, 2.75) is 19.5 Å². The zero-order chi connectivity index (χ0) is 16.9. The molecule has 3 aromatic rings. The molecule has 1 N–H and O–H groups in total. The standard InChI is InChI=1S/C18H22N4OS/c1-21(10-9-18(23)19-12-14-6-5-11-24-14)13-17-20-15-7-3-4-8-16(15)22(17)2/h3-8,11H,9-10,12-13H2,1-2H3,(H,19,23). The van der Waals surface area contributed by atoms with Crippen molar-refractivity contribution in [1.29, 1.82) is 0 Å². The van der Waals surface area contributed by atoms with E-state index in [-0.39, 0.29) is 5.91 Å². The van der Waals surface area contributed by atoms with Gasteiger partial charge in [-0.3, -0.25) is 9.69 Å². The van der Waals surface area contributed by atoms with E-state index < -0.39 is 0 Å². The molecular weight excluding hydrogens is 320 g/mol. The van der Waals surface area contributed by atoms with Gasteiger partial charge in [0, 0.05) is 24.9 Å². The van der Waals surface area contributed by atoms with E-state index in [0.29, 0.717) is 19.5 Å². The molecule has 0 fully saturated rings. The van der Waals surface area contributed by atoms with Crippen LogP contribution in [0.4, 0.5) is 0 Å². The second-order valence-corrected chi connectivity index (χ2v) is 6.95. The van der Waals surface area contributed by atoms with Gasteiger partial charge in [-0.2, -0.15) is 0 Å². The zero-order valence-corrected chi connectivity index (χ0v) is 14.8. The van der Waals surface area contributed by atoms with Crippen molar-refractivity contribution >= 4 is 28.3 Å². The van der Waals surface area contributed by atoms with Crippen LogP contribution in [0.3, 0.4) is 0 Å². The monoisotopic (exact) mass is 342 g/mol. The minimum absolute atomic E-state index is 0.0836. The van der Waals surface area contributed by atoms with Crippen molar-refractivity contribution in [3.8, 4) is 0 Å². The number of fused-ring (bicyclic) bond motifs is 1. The van der Waals surface area contributed by atoms with Crippen LogP contribution in [-0.2, 0) is 24.9 Å². The van der Waals surface area contributed by atoms with Crippen molar-refractivity contribution < 1.29 is 4.79 Å². The lowest BCUT2D eigenvalue weighted by atomic mass is 10.3. The van der Waals surface area contributed by atoms with Gasteiger partial charge in [-0.15, -0.1) is 11.3 Å². The molecule has 0 saturated heterocycles. The highest BCUT2D eigenvalue weighted by Crippen LogP contribution is 2.15. The fourth-order valence-corrected chi connectivity index (χ4v) is 3.28. The number of amides is 1. The van der Waals surface area contributed by atoms with Crippen LogP contribution in [0.5, 0.6) is 0 Å². The Kier molecular flexibility index (Phi) is 5.27. The SMILES string of the molecule is CN(CCC(=O)NCc1cccs1)Cc1nc2ccccc2n1C. The van der Waals surface area contributed by atoms with Gasteiger partial charge in [0.2, 0.25) is 5.91 Å². The third-order valence-corrected chi connectivity index (χ3v) is 4.93. The van der Waals surface area contributed by atoms with Crippen LogP contribution in [0.15, 0.2) is 41.8 Å². The van der Waals surface area contributed by atoms with Crippen molar-refractivity contribution in [1.82, 2.24) is 19.8 Å². The lowest BCUT2D eigenvalue weighted by Gasteiger charge is -2.16. The molecule has 1 aromatic carbocycles. The number of para-hydroxylation sites is 2. The normalized spacial score (nSPS) is 11.3. The first-order valence-electron chi connectivity index (χ1n) is 8.01. The average molecular weight is 342 g/mol. The highest BCUT2D eigenvalue weighted by Gasteiger charge is 2.11. The van der Waals surface area contributed by atoms with Gasteiger partial charge in [0.05, 0.1) is 24.1 Å². The second kappa shape index (κ2) is 7.59. The molecule has 0 bridgehead atoms. The summed E-state index contributed by atoms with van der Waals surface area (Å²) in [5.74, 6) is 1.10. The smallest absolute Gasteiger partial charge is 0.221 e. The quantitative estimate of drug-likeness (QED) is 0.718. The maximum Gasteiger partial charge on any atom is 0.221 e. The summed E-state index contributed by atoms with van der Waals surface area (Å²) >= 11 is 1.66. The number of benzene rings is 1. The van der Waals surface area contributed by atoms with E-state index >= 15 is 0 Å². The molecule has 3 rings (SSSR count). The Morgan fingerprint density at radius 1 is 1.29 bits per heavy atom. The van der Waals surface area contributed by atoms with E-state index in [9.17, 15) is 4.79 Å². The lowest BCUT2D eigenvalue weighted by Crippen LogP contribution is -2.28. The highest BCUT2D eigenvalue weighted by atomic mass is 32.1. The first-order chi connectivity index (χ1) is 11.6. The number of hydrogen-bond acceptors (Lipinski definition) is 4. The molecule has 1 amide bonds. The first kappa shape index (κ1) is 16.7. The maximum absolute atomic E-state index is 11.9. The van der Waals surface area contributed by atoms with Crippen molar-refractivity contribution in [3.63, 3.8) is 0 Å². The molecule has 2 aromatic heterocycles. The summed E-state index contributed by atoms with van der Waals surface area (Å²) in [7, 11) is 4.05. The van der Waals surface area contributed by atoms with E-state index in [1.165, 1.54) is 4.88 Å². The van der Waals surface area contributed by atoms with Gasteiger partial charge in [-0.05, 0) is 30.6 Å². The molecule has 0 aliphatic heterocycles. The minimum Gasteiger partial charge on any atom is -0.351 e. The van der Waals surface area contributed by atoms with E-state index in [4.69, 9.17) is 0 Å². The zero-order valence-electron chi connectivity index (χ0n) is 14.0. The molecule has 0 saturated carbocycles. The molecule has 2 heterocycles. The summed E-state index contributed by atoms with van der Waals surface area (Å²) in [6.07, 6.45) is 0.492. The molecule has 0 aliphatic rings. The number of nitrogens with one attached hydrogen (secondary N) is 1. The van der Waals surface area contributed by atoms with Gasteiger partial charge in [-0.1, -0.05) is 18.2 Å². The molecule has 6 heteroatoms. The van der Waals surface area contributed by atoms with Crippen molar-refractivity contribution in [2.75, 3.05) is 13.6 Å². The predicted molar refractivity (Wildman–Crippen MR) is 97.8 cm³/mol. The van der Waals surface area contributed by atoms with Crippen LogP contribution in [-0.4, -0.2) is 34.0 Å². The number of carbonyl (C=O) groups is 1. The Morgan fingerprint density at radius 2 is 2.12 bits per heavy atom. The topological polar surface area (TPSA) is 50.2 Å². The number of rotatable bonds is 7. The molecule has 0 aliphatic carbocycles. The number of hydrogen-bond donors (Lipinski definition) is 1. The van der Waals surface area contributed by atoms with E-state index in [1.807, 2.05) is 49.8 Å². The van der Waals surface area contributed by atoms with Gasteiger partial charge in [0.15, 0.2) is 0 Å². The summed E-state index contributed by atoms with van der Waals surface area (Å²) in [5.41, 5.74) is 2.15. The Balaban J connectivity index is 1.48. The molecule has 0 spiro atoms. The fourth-order valence-electron chi connectivity index (χ4n) is 2.64. The Labute approximate surface area is 145 Å². The van der Waals surface area contributed by atoms with Crippen molar-refractivity contribution in [2.24, 2.45) is 7.05 Å². The molecular formula is C18H22N4OS. The van der Waals surface area contributed by atoms with E-state index in [0.717, 1.165) is 23.4 Å².